The van der Waals surface area contributed by atoms with Gasteiger partial charge in [0.15, 0.2) is 0 Å². The van der Waals surface area contributed by atoms with E-state index < -0.39 is 0 Å². The summed E-state index contributed by atoms with van der Waals surface area (Å²) in [7, 11) is 0. The van der Waals surface area contributed by atoms with E-state index in [0.29, 0.717) is 5.41 Å². The van der Waals surface area contributed by atoms with Gasteiger partial charge in [0.2, 0.25) is 0 Å². The van der Waals surface area contributed by atoms with Crippen LogP contribution in [0.1, 0.15) is 52.9 Å². The molecule has 1 aliphatic heterocycles. The zero-order chi connectivity index (χ0) is 12.3. The second-order valence-corrected chi connectivity index (χ2v) is 7.08. The molecule has 2 fully saturated rings. The molecule has 0 amide bonds. The lowest BCUT2D eigenvalue weighted by Crippen LogP contribution is -2.40. The number of rotatable bonds is 4. The van der Waals surface area contributed by atoms with Crippen molar-refractivity contribution in [1.29, 1.82) is 0 Å². The molecule has 1 atom stereocenters. The zero-order valence-electron chi connectivity index (χ0n) is 12.0. The fourth-order valence-electron chi connectivity index (χ4n) is 3.32. The van der Waals surface area contributed by atoms with Crippen LogP contribution in [0.25, 0.3) is 0 Å². The highest BCUT2D eigenvalue weighted by molar-refractivity contribution is 4.86. The van der Waals surface area contributed by atoms with Gasteiger partial charge < -0.3 is 10.2 Å². The van der Waals surface area contributed by atoms with Crippen LogP contribution in [0.5, 0.6) is 0 Å². The molecule has 0 aromatic heterocycles. The van der Waals surface area contributed by atoms with Crippen LogP contribution in [0, 0.1) is 11.3 Å². The summed E-state index contributed by atoms with van der Waals surface area (Å²) in [6, 6.07) is 0.786. The molecule has 17 heavy (non-hydrogen) atoms. The van der Waals surface area contributed by atoms with Crippen LogP contribution in [0.2, 0.25) is 0 Å². The molecule has 2 rings (SSSR count). The van der Waals surface area contributed by atoms with Crippen molar-refractivity contribution in [2.45, 2.75) is 58.9 Å². The Hall–Kier alpha value is -0.0800. The Labute approximate surface area is 107 Å². The fraction of sp³-hybridized carbons (Fsp3) is 1.00. The predicted molar refractivity (Wildman–Crippen MR) is 74.3 cm³/mol. The van der Waals surface area contributed by atoms with Gasteiger partial charge in [-0.3, -0.25) is 0 Å². The lowest BCUT2D eigenvalue weighted by molar-refractivity contribution is 0.191. The summed E-state index contributed by atoms with van der Waals surface area (Å²) in [4.78, 5) is 2.63. The summed E-state index contributed by atoms with van der Waals surface area (Å²) in [5.41, 5.74) is 0.582. The van der Waals surface area contributed by atoms with Crippen LogP contribution in [-0.2, 0) is 0 Å². The lowest BCUT2D eigenvalue weighted by Gasteiger charge is -2.30. The van der Waals surface area contributed by atoms with Crippen molar-refractivity contribution in [3.8, 4) is 0 Å². The van der Waals surface area contributed by atoms with Crippen LogP contribution in [0.4, 0.5) is 0 Å². The SMILES string of the molecule is CC1CCN(CCNC2CCC(C)(C)C2)CC1. The maximum absolute atomic E-state index is 3.75. The molecule has 2 nitrogen and oxygen atoms in total. The molecule has 2 heteroatoms. The number of hydrogen-bond donors (Lipinski definition) is 1. The Balaban J connectivity index is 1.57. The lowest BCUT2D eigenvalue weighted by atomic mass is 9.92. The Morgan fingerprint density at radius 3 is 2.47 bits per heavy atom. The highest BCUT2D eigenvalue weighted by Crippen LogP contribution is 2.36. The van der Waals surface area contributed by atoms with Crippen molar-refractivity contribution in [3.63, 3.8) is 0 Å². The van der Waals surface area contributed by atoms with Gasteiger partial charge in [-0.2, -0.15) is 0 Å². The fourth-order valence-corrected chi connectivity index (χ4v) is 3.32. The minimum absolute atomic E-state index is 0.582. The third-order valence-corrected chi connectivity index (χ3v) is 4.71. The van der Waals surface area contributed by atoms with Crippen LogP contribution >= 0.6 is 0 Å². The van der Waals surface area contributed by atoms with E-state index in [4.69, 9.17) is 0 Å². The van der Waals surface area contributed by atoms with Gasteiger partial charge in [0.05, 0.1) is 0 Å². The van der Waals surface area contributed by atoms with E-state index in [1.807, 2.05) is 0 Å². The molecule has 1 unspecified atom stereocenters. The number of piperidine rings is 1. The molecule has 100 valence electrons. The van der Waals surface area contributed by atoms with Gasteiger partial charge in [-0.15, -0.1) is 0 Å². The topological polar surface area (TPSA) is 15.3 Å². The number of nitrogens with one attached hydrogen (secondary N) is 1. The van der Waals surface area contributed by atoms with Crippen molar-refractivity contribution < 1.29 is 0 Å². The van der Waals surface area contributed by atoms with Crippen molar-refractivity contribution in [3.05, 3.63) is 0 Å². The largest absolute Gasteiger partial charge is 0.313 e. The van der Waals surface area contributed by atoms with Crippen molar-refractivity contribution in [2.24, 2.45) is 11.3 Å². The van der Waals surface area contributed by atoms with Crippen LogP contribution < -0.4 is 5.32 Å². The molecule has 0 radical (unpaired) electrons. The standard InChI is InChI=1S/C15H30N2/c1-13-5-9-17(10-6-13)11-8-16-14-4-7-15(2,3)12-14/h13-14,16H,4-12H2,1-3H3. The summed E-state index contributed by atoms with van der Waals surface area (Å²) in [5, 5.41) is 3.75. The van der Waals surface area contributed by atoms with E-state index in [1.54, 1.807) is 0 Å². The molecule has 1 N–H and O–H groups in total. The second-order valence-electron chi connectivity index (χ2n) is 7.08. The number of nitrogens with zero attached hydrogens (tertiary/aromatic N) is 1. The first-order valence-electron chi connectivity index (χ1n) is 7.51. The maximum Gasteiger partial charge on any atom is 0.0107 e. The van der Waals surface area contributed by atoms with E-state index in [1.165, 1.54) is 58.3 Å². The average Bonchev–Trinajstić information content (AvgIpc) is 2.61. The molecule has 1 saturated heterocycles. The predicted octanol–water partition coefficient (Wildman–Crippen LogP) is 2.89. The van der Waals surface area contributed by atoms with E-state index in [9.17, 15) is 0 Å². The summed E-state index contributed by atoms with van der Waals surface area (Å²) in [6.45, 7) is 12.3. The summed E-state index contributed by atoms with van der Waals surface area (Å²) >= 11 is 0. The molecular formula is C15H30N2. The van der Waals surface area contributed by atoms with Crippen LogP contribution in [0.15, 0.2) is 0 Å². The van der Waals surface area contributed by atoms with E-state index >= 15 is 0 Å². The summed E-state index contributed by atoms with van der Waals surface area (Å²) < 4.78 is 0. The highest BCUT2D eigenvalue weighted by Gasteiger charge is 2.30. The second kappa shape index (κ2) is 5.71. The van der Waals surface area contributed by atoms with Gasteiger partial charge in [-0.1, -0.05) is 20.8 Å². The molecular weight excluding hydrogens is 208 g/mol. The van der Waals surface area contributed by atoms with Crippen molar-refractivity contribution >= 4 is 0 Å². The molecule has 1 heterocycles. The summed E-state index contributed by atoms with van der Waals surface area (Å²) in [5.74, 6) is 0.954. The summed E-state index contributed by atoms with van der Waals surface area (Å²) in [6.07, 6.45) is 6.94. The quantitative estimate of drug-likeness (QED) is 0.810. The smallest absolute Gasteiger partial charge is 0.0107 e. The molecule has 1 aliphatic carbocycles. The van der Waals surface area contributed by atoms with E-state index in [0.717, 1.165) is 12.0 Å². The van der Waals surface area contributed by atoms with Gasteiger partial charge in [0.25, 0.3) is 0 Å². The zero-order valence-corrected chi connectivity index (χ0v) is 12.0. The van der Waals surface area contributed by atoms with E-state index in [-0.39, 0.29) is 0 Å². The van der Waals surface area contributed by atoms with Crippen molar-refractivity contribution in [1.82, 2.24) is 10.2 Å². The van der Waals surface area contributed by atoms with Gasteiger partial charge in [-0.25, -0.2) is 0 Å². The molecule has 0 aromatic rings. The van der Waals surface area contributed by atoms with Gasteiger partial charge >= 0.3 is 0 Å². The van der Waals surface area contributed by atoms with Crippen LogP contribution in [-0.4, -0.2) is 37.1 Å². The average molecular weight is 238 g/mol. The third-order valence-electron chi connectivity index (χ3n) is 4.71. The molecule has 0 spiro atoms. The van der Waals surface area contributed by atoms with Gasteiger partial charge in [-0.05, 0) is 56.5 Å². The Morgan fingerprint density at radius 2 is 1.88 bits per heavy atom. The minimum atomic E-state index is 0.582. The number of likely N-dealkylation sites (tertiary alicyclic amines) is 1. The first-order chi connectivity index (χ1) is 8.05. The Kier molecular flexibility index (Phi) is 4.48. The first kappa shape index (κ1) is 13.4. The molecule has 0 bridgehead atoms. The first-order valence-corrected chi connectivity index (χ1v) is 7.51. The number of hydrogen-bond acceptors (Lipinski definition) is 2. The molecule has 2 aliphatic rings. The maximum atomic E-state index is 3.75. The Morgan fingerprint density at radius 1 is 1.18 bits per heavy atom. The monoisotopic (exact) mass is 238 g/mol. The van der Waals surface area contributed by atoms with Gasteiger partial charge in [0, 0.05) is 19.1 Å². The van der Waals surface area contributed by atoms with Crippen LogP contribution in [0.3, 0.4) is 0 Å². The Bertz CT molecular complexity index is 229. The molecule has 0 aromatic carbocycles. The minimum Gasteiger partial charge on any atom is -0.313 e. The van der Waals surface area contributed by atoms with Crippen molar-refractivity contribution in [2.75, 3.05) is 26.2 Å². The normalized spacial score (nSPS) is 30.9. The molecule has 1 saturated carbocycles. The highest BCUT2D eigenvalue weighted by atomic mass is 15.1. The van der Waals surface area contributed by atoms with Gasteiger partial charge in [0.1, 0.15) is 0 Å². The third kappa shape index (κ3) is 4.26. The van der Waals surface area contributed by atoms with E-state index in [2.05, 4.69) is 31.0 Å².